The van der Waals surface area contributed by atoms with Gasteiger partial charge in [0.05, 0.1) is 5.69 Å². The minimum absolute atomic E-state index is 0.0660. The average Bonchev–Trinajstić information content (AvgIpc) is 2.29. The fourth-order valence-corrected chi connectivity index (χ4v) is 2.13. The van der Waals surface area contributed by atoms with E-state index in [9.17, 15) is 4.39 Å². The summed E-state index contributed by atoms with van der Waals surface area (Å²) in [6.07, 6.45) is 0. The van der Waals surface area contributed by atoms with Crippen LogP contribution in [0.3, 0.4) is 0 Å². The molecule has 0 aliphatic carbocycles. The van der Waals surface area contributed by atoms with E-state index in [1.807, 2.05) is 12.1 Å². The summed E-state index contributed by atoms with van der Waals surface area (Å²) in [5, 5.41) is 3.28. The number of anilines is 1. The van der Waals surface area contributed by atoms with Gasteiger partial charge in [-0.05, 0) is 23.1 Å². The van der Waals surface area contributed by atoms with Crippen molar-refractivity contribution in [3.05, 3.63) is 29.6 Å². The molecule has 1 heterocycles. The number of halogens is 1. The van der Waals surface area contributed by atoms with Crippen molar-refractivity contribution in [2.45, 2.75) is 26.2 Å². The predicted octanol–water partition coefficient (Wildman–Crippen LogP) is 2.53. The van der Waals surface area contributed by atoms with Crippen molar-refractivity contribution in [1.82, 2.24) is 5.32 Å². The lowest BCUT2D eigenvalue weighted by Crippen LogP contribution is -2.44. The molecule has 1 N–H and O–H groups in total. The SMILES string of the molecule is CC(C)(C)c1ccc(F)c(N2CCNCC2)c1. The molecule has 2 nitrogen and oxygen atoms in total. The van der Waals surface area contributed by atoms with Gasteiger partial charge >= 0.3 is 0 Å². The second-order valence-corrected chi connectivity index (χ2v) is 5.65. The summed E-state index contributed by atoms with van der Waals surface area (Å²) in [5.74, 6) is -0.111. The topological polar surface area (TPSA) is 15.3 Å². The van der Waals surface area contributed by atoms with Crippen LogP contribution in [-0.2, 0) is 5.41 Å². The highest BCUT2D eigenvalue weighted by Crippen LogP contribution is 2.28. The summed E-state index contributed by atoms with van der Waals surface area (Å²) < 4.78 is 13.9. The van der Waals surface area contributed by atoms with E-state index in [0.717, 1.165) is 31.9 Å². The molecule has 1 aliphatic rings. The molecule has 17 heavy (non-hydrogen) atoms. The molecule has 0 atom stereocenters. The summed E-state index contributed by atoms with van der Waals surface area (Å²) >= 11 is 0. The van der Waals surface area contributed by atoms with E-state index in [4.69, 9.17) is 0 Å². The Hall–Kier alpha value is -1.09. The summed E-state index contributed by atoms with van der Waals surface area (Å²) in [5.41, 5.74) is 2.00. The Morgan fingerprint density at radius 1 is 1.18 bits per heavy atom. The smallest absolute Gasteiger partial charge is 0.146 e. The minimum atomic E-state index is -0.111. The third-order valence-electron chi connectivity index (χ3n) is 3.27. The van der Waals surface area contributed by atoms with Crippen LogP contribution >= 0.6 is 0 Å². The van der Waals surface area contributed by atoms with Crippen LogP contribution in [0.4, 0.5) is 10.1 Å². The fraction of sp³-hybridized carbons (Fsp3) is 0.571. The predicted molar refractivity (Wildman–Crippen MR) is 70.2 cm³/mol. The van der Waals surface area contributed by atoms with Gasteiger partial charge in [0.2, 0.25) is 0 Å². The number of nitrogens with one attached hydrogen (secondary N) is 1. The van der Waals surface area contributed by atoms with Crippen molar-refractivity contribution < 1.29 is 4.39 Å². The van der Waals surface area contributed by atoms with E-state index in [1.165, 1.54) is 5.56 Å². The summed E-state index contributed by atoms with van der Waals surface area (Å²) in [4.78, 5) is 2.13. The molecule has 0 aromatic heterocycles. The standard InChI is InChI=1S/C14H21FN2/c1-14(2,3)11-4-5-12(15)13(10-11)17-8-6-16-7-9-17/h4-5,10,16H,6-9H2,1-3H3. The van der Waals surface area contributed by atoms with Crippen molar-refractivity contribution >= 4 is 5.69 Å². The van der Waals surface area contributed by atoms with E-state index in [0.29, 0.717) is 0 Å². The molecule has 1 aromatic carbocycles. The highest BCUT2D eigenvalue weighted by atomic mass is 19.1. The van der Waals surface area contributed by atoms with Crippen molar-refractivity contribution in [3.63, 3.8) is 0 Å². The van der Waals surface area contributed by atoms with Gasteiger partial charge in [0.15, 0.2) is 0 Å². The maximum Gasteiger partial charge on any atom is 0.146 e. The molecule has 1 aliphatic heterocycles. The van der Waals surface area contributed by atoms with Crippen molar-refractivity contribution in [1.29, 1.82) is 0 Å². The Kier molecular flexibility index (Phi) is 3.38. The first kappa shape index (κ1) is 12.4. The van der Waals surface area contributed by atoms with Crippen LogP contribution < -0.4 is 10.2 Å². The Balaban J connectivity index is 2.31. The van der Waals surface area contributed by atoms with Crippen LogP contribution in [0.5, 0.6) is 0 Å². The van der Waals surface area contributed by atoms with Gasteiger partial charge in [0.1, 0.15) is 5.82 Å². The largest absolute Gasteiger partial charge is 0.367 e. The van der Waals surface area contributed by atoms with Gasteiger partial charge in [-0.1, -0.05) is 26.8 Å². The zero-order chi connectivity index (χ0) is 12.5. The maximum absolute atomic E-state index is 13.9. The molecule has 0 saturated carbocycles. The summed E-state index contributed by atoms with van der Waals surface area (Å²) in [6, 6.07) is 5.49. The number of hydrogen-bond donors (Lipinski definition) is 1. The van der Waals surface area contributed by atoms with Gasteiger partial charge in [0.25, 0.3) is 0 Å². The molecule has 0 amide bonds. The zero-order valence-electron chi connectivity index (χ0n) is 10.9. The van der Waals surface area contributed by atoms with E-state index in [1.54, 1.807) is 6.07 Å². The molecular formula is C14H21FN2. The second-order valence-electron chi connectivity index (χ2n) is 5.65. The quantitative estimate of drug-likeness (QED) is 0.806. The minimum Gasteiger partial charge on any atom is -0.367 e. The second kappa shape index (κ2) is 4.65. The zero-order valence-corrected chi connectivity index (χ0v) is 10.9. The molecule has 94 valence electrons. The molecule has 3 heteroatoms. The van der Waals surface area contributed by atoms with Crippen LogP contribution in [0, 0.1) is 5.82 Å². The van der Waals surface area contributed by atoms with Crippen LogP contribution in [0.2, 0.25) is 0 Å². The van der Waals surface area contributed by atoms with E-state index < -0.39 is 0 Å². The summed E-state index contributed by atoms with van der Waals surface area (Å²) in [7, 11) is 0. The van der Waals surface area contributed by atoms with Gasteiger partial charge in [-0.15, -0.1) is 0 Å². The van der Waals surface area contributed by atoms with Crippen LogP contribution in [0.25, 0.3) is 0 Å². The maximum atomic E-state index is 13.9. The first-order valence-corrected chi connectivity index (χ1v) is 6.24. The van der Waals surface area contributed by atoms with Gasteiger partial charge in [-0.25, -0.2) is 4.39 Å². The normalized spacial score (nSPS) is 17.3. The molecule has 2 rings (SSSR count). The lowest BCUT2D eigenvalue weighted by Gasteiger charge is -2.31. The molecule has 1 aromatic rings. The number of hydrogen-bond acceptors (Lipinski definition) is 2. The first-order valence-electron chi connectivity index (χ1n) is 6.24. The van der Waals surface area contributed by atoms with E-state index in [2.05, 4.69) is 31.0 Å². The van der Waals surface area contributed by atoms with E-state index in [-0.39, 0.29) is 11.2 Å². The number of rotatable bonds is 1. The molecule has 1 saturated heterocycles. The number of piperazine rings is 1. The Bertz CT molecular complexity index is 390. The summed E-state index contributed by atoms with van der Waals surface area (Å²) in [6.45, 7) is 10.1. The third-order valence-corrected chi connectivity index (χ3v) is 3.27. The molecule has 0 radical (unpaired) electrons. The molecular weight excluding hydrogens is 215 g/mol. The van der Waals surface area contributed by atoms with Gasteiger partial charge in [0, 0.05) is 26.2 Å². The lowest BCUT2D eigenvalue weighted by molar-refractivity contribution is 0.558. The number of nitrogens with zero attached hydrogens (tertiary/aromatic N) is 1. The van der Waals surface area contributed by atoms with Crippen LogP contribution in [0.1, 0.15) is 26.3 Å². The third kappa shape index (κ3) is 2.78. The molecule has 0 unspecified atom stereocenters. The van der Waals surface area contributed by atoms with Gasteiger partial charge in [-0.3, -0.25) is 0 Å². The van der Waals surface area contributed by atoms with Crippen molar-refractivity contribution in [2.24, 2.45) is 0 Å². The first-order chi connectivity index (χ1) is 7.98. The highest BCUT2D eigenvalue weighted by Gasteiger charge is 2.19. The van der Waals surface area contributed by atoms with Crippen molar-refractivity contribution in [2.75, 3.05) is 31.1 Å². The van der Waals surface area contributed by atoms with Crippen LogP contribution in [0.15, 0.2) is 18.2 Å². The highest BCUT2D eigenvalue weighted by molar-refractivity contribution is 5.51. The van der Waals surface area contributed by atoms with Crippen molar-refractivity contribution in [3.8, 4) is 0 Å². The Morgan fingerprint density at radius 3 is 2.41 bits per heavy atom. The molecule has 1 fully saturated rings. The Labute approximate surface area is 103 Å². The monoisotopic (exact) mass is 236 g/mol. The Morgan fingerprint density at radius 2 is 1.82 bits per heavy atom. The lowest BCUT2D eigenvalue weighted by atomic mass is 9.86. The molecule has 0 spiro atoms. The average molecular weight is 236 g/mol. The fourth-order valence-electron chi connectivity index (χ4n) is 2.13. The van der Waals surface area contributed by atoms with Gasteiger partial charge in [-0.2, -0.15) is 0 Å². The molecule has 0 bridgehead atoms. The number of benzene rings is 1. The van der Waals surface area contributed by atoms with E-state index >= 15 is 0 Å². The van der Waals surface area contributed by atoms with Gasteiger partial charge < -0.3 is 10.2 Å². The van der Waals surface area contributed by atoms with Crippen LogP contribution in [-0.4, -0.2) is 26.2 Å².